The van der Waals surface area contributed by atoms with Crippen molar-refractivity contribution in [1.82, 2.24) is 9.97 Å². The fraction of sp³-hybridized carbons (Fsp3) is 0.188. The van der Waals surface area contributed by atoms with Crippen LogP contribution in [0.15, 0.2) is 70.7 Å². The molecule has 0 spiro atoms. The Kier molecular flexibility index (Phi) is 9.98. The highest BCUT2D eigenvalue weighted by Crippen LogP contribution is 2.45. The first-order chi connectivity index (χ1) is 20.4. The molecule has 210 valence electrons. The molecule has 0 saturated heterocycles. The minimum Gasteiger partial charge on any atom is -0.462 e. The maximum Gasteiger partial charge on any atom is 0.340 e. The molecule has 4 rings (SSSR count). The summed E-state index contributed by atoms with van der Waals surface area (Å²) in [6, 6.07) is 22.7. The second-order valence-electron chi connectivity index (χ2n) is 8.82. The fourth-order valence-electron chi connectivity index (χ4n) is 4.45. The molecular formula is C32H26N4O4S2. The van der Waals surface area contributed by atoms with Crippen LogP contribution < -0.4 is 0 Å². The number of nitriles is 2. The van der Waals surface area contributed by atoms with Gasteiger partial charge in [0.2, 0.25) is 0 Å². The highest BCUT2D eigenvalue weighted by Gasteiger charge is 2.28. The number of esters is 2. The van der Waals surface area contributed by atoms with E-state index >= 15 is 0 Å². The van der Waals surface area contributed by atoms with Crippen LogP contribution in [0, 0.1) is 36.5 Å². The van der Waals surface area contributed by atoms with Gasteiger partial charge in [0.25, 0.3) is 0 Å². The molecule has 0 N–H and O–H groups in total. The van der Waals surface area contributed by atoms with E-state index in [0.717, 1.165) is 21.6 Å². The monoisotopic (exact) mass is 594 g/mol. The van der Waals surface area contributed by atoms with E-state index in [9.17, 15) is 20.1 Å². The van der Waals surface area contributed by atoms with Crippen LogP contribution >= 0.6 is 21.6 Å². The van der Waals surface area contributed by atoms with E-state index in [1.807, 2.05) is 60.7 Å². The van der Waals surface area contributed by atoms with Crippen LogP contribution in [0.3, 0.4) is 0 Å². The van der Waals surface area contributed by atoms with Gasteiger partial charge in [-0.3, -0.25) is 0 Å². The standard InChI is InChI=1S/C32H26N4O4S2/c1-5-39-31(37)25-19(3)35-29(23(17-33)27(25)21-13-9-7-10-14-21)41-42-30-24(18-34)28(22-15-11-8-12-16-22)26(20(4)36-30)32(38)40-6-2/h7-16H,5-6H2,1-4H3. The van der Waals surface area contributed by atoms with E-state index in [1.54, 1.807) is 27.7 Å². The molecule has 2 heterocycles. The predicted molar refractivity (Wildman–Crippen MR) is 162 cm³/mol. The van der Waals surface area contributed by atoms with Crippen LogP contribution in [0.4, 0.5) is 0 Å². The summed E-state index contributed by atoms with van der Waals surface area (Å²) in [5.74, 6) is -1.12. The molecule has 0 unspecified atom stereocenters. The lowest BCUT2D eigenvalue weighted by Crippen LogP contribution is -2.13. The summed E-state index contributed by atoms with van der Waals surface area (Å²) in [4.78, 5) is 35.2. The van der Waals surface area contributed by atoms with Gasteiger partial charge in [-0.25, -0.2) is 19.6 Å². The molecule has 0 aliphatic carbocycles. The molecule has 0 fully saturated rings. The largest absolute Gasteiger partial charge is 0.462 e. The molecule has 0 amide bonds. The van der Waals surface area contributed by atoms with Gasteiger partial charge < -0.3 is 9.47 Å². The number of carbonyl (C=O) groups excluding carboxylic acids is 2. The predicted octanol–water partition coefficient (Wildman–Crippen LogP) is 7.32. The number of pyridine rings is 2. The van der Waals surface area contributed by atoms with Crippen LogP contribution in [0.5, 0.6) is 0 Å². The Morgan fingerprint density at radius 3 is 1.36 bits per heavy atom. The molecular weight excluding hydrogens is 569 g/mol. The first-order valence-corrected chi connectivity index (χ1v) is 15.2. The smallest absolute Gasteiger partial charge is 0.340 e. The van der Waals surface area contributed by atoms with Crippen molar-refractivity contribution in [3.8, 4) is 34.4 Å². The van der Waals surface area contributed by atoms with Crippen molar-refractivity contribution in [1.29, 1.82) is 10.5 Å². The van der Waals surface area contributed by atoms with Crippen LogP contribution in [0.2, 0.25) is 0 Å². The highest BCUT2D eigenvalue weighted by molar-refractivity contribution is 8.76. The molecule has 2 aromatic heterocycles. The van der Waals surface area contributed by atoms with Crippen molar-refractivity contribution in [3.05, 3.63) is 94.3 Å². The average Bonchev–Trinajstić information content (AvgIpc) is 3.00. The number of carbonyl (C=O) groups is 2. The Balaban J connectivity index is 1.87. The molecule has 0 bridgehead atoms. The maximum absolute atomic E-state index is 13.0. The Morgan fingerprint density at radius 2 is 1.05 bits per heavy atom. The van der Waals surface area contributed by atoms with Crippen LogP contribution in [-0.4, -0.2) is 35.1 Å². The first-order valence-electron chi connectivity index (χ1n) is 13.0. The second-order valence-corrected chi connectivity index (χ2v) is 10.9. The lowest BCUT2D eigenvalue weighted by Gasteiger charge is -2.17. The third-order valence-corrected chi connectivity index (χ3v) is 8.38. The Hall–Kier alpha value is -4.64. The number of aryl methyl sites for hydroxylation is 2. The average molecular weight is 595 g/mol. The van der Waals surface area contributed by atoms with Gasteiger partial charge in [0.15, 0.2) is 0 Å². The number of benzene rings is 2. The minimum absolute atomic E-state index is 0.175. The van der Waals surface area contributed by atoms with Crippen molar-refractivity contribution >= 4 is 33.5 Å². The van der Waals surface area contributed by atoms with Crippen molar-refractivity contribution in [2.45, 2.75) is 37.7 Å². The Morgan fingerprint density at radius 1 is 0.690 bits per heavy atom. The molecule has 4 aromatic rings. The zero-order valence-corrected chi connectivity index (χ0v) is 25.1. The van der Waals surface area contributed by atoms with Crippen molar-refractivity contribution in [2.24, 2.45) is 0 Å². The van der Waals surface area contributed by atoms with Crippen LogP contribution in [-0.2, 0) is 9.47 Å². The quantitative estimate of drug-likeness (QED) is 0.144. The number of rotatable bonds is 9. The van der Waals surface area contributed by atoms with E-state index in [1.165, 1.54) is 0 Å². The summed E-state index contributed by atoms with van der Waals surface area (Å²) in [5, 5.41) is 21.3. The molecule has 0 saturated carbocycles. The molecule has 8 nitrogen and oxygen atoms in total. The van der Waals surface area contributed by atoms with Gasteiger partial charge in [-0.15, -0.1) is 0 Å². The van der Waals surface area contributed by atoms with Crippen LogP contribution in [0.1, 0.15) is 57.1 Å². The molecule has 0 aliphatic heterocycles. The van der Waals surface area contributed by atoms with Gasteiger partial charge in [-0.05, 0) is 60.4 Å². The number of aromatic nitrogens is 2. The summed E-state index contributed by atoms with van der Waals surface area (Å²) >= 11 is 0. The summed E-state index contributed by atoms with van der Waals surface area (Å²) in [6.07, 6.45) is 0. The maximum atomic E-state index is 13.0. The fourth-order valence-corrected chi connectivity index (χ4v) is 6.62. The number of nitrogens with zero attached hydrogens (tertiary/aromatic N) is 4. The number of ether oxygens (including phenoxy) is 2. The van der Waals surface area contributed by atoms with Crippen molar-refractivity contribution < 1.29 is 19.1 Å². The third kappa shape index (κ3) is 6.15. The van der Waals surface area contributed by atoms with Gasteiger partial charge in [0.1, 0.15) is 22.2 Å². The van der Waals surface area contributed by atoms with Gasteiger partial charge in [0, 0.05) is 11.1 Å². The first kappa shape index (κ1) is 30.3. The zero-order chi connectivity index (χ0) is 30.2. The Labute approximate surface area is 252 Å². The number of hydrogen-bond acceptors (Lipinski definition) is 10. The topological polar surface area (TPSA) is 126 Å². The van der Waals surface area contributed by atoms with E-state index in [0.29, 0.717) is 43.7 Å². The molecule has 0 atom stereocenters. The van der Waals surface area contributed by atoms with E-state index in [2.05, 4.69) is 22.1 Å². The minimum atomic E-state index is -0.562. The second kappa shape index (κ2) is 13.8. The SMILES string of the molecule is CCOC(=O)c1c(C)nc(SSc2nc(C)c(C(=O)OCC)c(-c3ccccc3)c2C#N)c(C#N)c1-c1ccccc1. The lowest BCUT2D eigenvalue weighted by atomic mass is 9.95. The van der Waals surface area contributed by atoms with Gasteiger partial charge in [0.05, 0.1) is 46.9 Å². The Bertz CT molecular complexity index is 1600. The molecule has 0 radical (unpaired) electrons. The van der Waals surface area contributed by atoms with E-state index < -0.39 is 11.9 Å². The summed E-state index contributed by atoms with van der Waals surface area (Å²) in [5.41, 5.74) is 3.87. The van der Waals surface area contributed by atoms with Crippen LogP contribution in [0.25, 0.3) is 22.3 Å². The molecule has 10 heteroatoms. The normalized spacial score (nSPS) is 10.4. The van der Waals surface area contributed by atoms with Gasteiger partial charge in [-0.2, -0.15) is 10.5 Å². The summed E-state index contributed by atoms with van der Waals surface area (Å²) in [7, 11) is 2.30. The van der Waals surface area contributed by atoms with Gasteiger partial charge >= 0.3 is 11.9 Å². The van der Waals surface area contributed by atoms with Gasteiger partial charge in [-0.1, -0.05) is 60.7 Å². The summed E-state index contributed by atoms with van der Waals surface area (Å²) in [6.45, 7) is 7.17. The molecule has 2 aromatic carbocycles. The zero-order valence-electron chi connectivity index (χ0n) is 23.4. The third-order valence-electron chi connectivity index (χ3n) is 6.20. The van der Waals surface area contributed by atoms with E-state index in [4.69, 9.17) is 9.47 Å². The highest BCUT2D eigenvalue weighted by atomic mass is 33.1. The lowest BCUT2D eigenvalue weighted by molar-refractivity contribution is 0.0516. The van der Waals surface area contributed by atoms with Crippen molar-refractivity contribution in [2.75, 3.05) is 13.2 Å². The van der Waals surface area contributed by atoms with Crippen molar-refractivity contribution in [3.63, 3.8) is 0 Å². The number of hydrogen-bond donors (Lipinski definition) is 0. The molecule has 42 heavy (non-hydrogen) atoms. The van der Waals surface area contributed by atoms with E-state index in [-0.39, 0.29) is 35.5 Å². The summed E-state index contributed by atoms with van der Waals surface area (Å²) < 4.78 is 10.6. The molecule has 0 aliphatic rings.